The minimum Gasteiger partial charge on any atom is -0.466 e. The zero-order valence-electron chi connectivity index (χ0n) is 10.3. The average Bonchev–Trinajstić information content (AvgIpc) is 2.37. The van der Waals surface area contributed by atoms with E-state index in [1.165, 1.54) is 12.7 Å². The zero-order valence-corrected chi connectivity index (χ0v) is 10.3. The van der Waals surface area contributed by atoms with E-state index < -0.39 is 0 Å². The highest BCUT2D eigenvalue weighted by molar-refractivity contribution is 5.86. The van der Waals surface area contributed by atoms with Gasteiger partial charge in [0, 0.05) is 5.57 Å². The molecule has 90 valence electrons. The summed E-state index contributed by atoms with van der Waals surface area (Å²) in [4.78, 5) is 10.2. The van der Waals surface area contributed by atoms with Crippen LogP contribution in [0.4, 0.5) is 0 Å². The Morgan fingerprint density at radius 1 is 1.29 bits per heavy atom. The van der Waals surface area contributed by atoms with E-state index in [0.717, 1.165) is 0 Å². The Hall–Kier alpha value is -2.09. The maximum absolute atomic E-state index is 10.2. The lowest BCUT2D eigenvalue weighted by Gasteiger charge is -1.91. The van der Waals surface area contributed by atoms with E-state index in [9.17, 15) is 4.79 Å². The molecule has 1 rings (SSSR count). The molecule has 0 aliphatic rings. The van der Waals surface area contributed by atoms with Crippen LogP contribution in [0.25, 0.3) is 6.08 Å². The molecule has 0 spiro atoms. The van der Waals surface area contributed by atoms with E-state index >= 15 is 0 Å². The summed E-state index contributed by atoms with van der Waals surface area (Å²) in [7, 11) is 1.33. The highest BCUT2D eigenvalue weighted by Gasteiger charge is 1.95. The fourth-order valence-corrected chi connectivity index (χ4v) is 0.918. The number of benzene rings is 1. The Kier molecular flexibility index (Phi) is 8.03. The molecule has 0 fully saturated rings. The van der Waals surface area contributed by atoms with Gasteiger partial charge in [0.25, 0.3) is 0 Å². The lowest BCUT2D eigenvalue weighted by atomic mass is 10.2. The monoisotopic (exact) mass is 230 g/mol. The first-order chi connectivity index (χ1) is 8.11. The van der Waals surface area contributed by atoms with E-state index in [-0.39, 0.29) is 5.97 Å². The third kappa shape index (κ3) is 7.79. The molecule has 0 aromatic heterocycles. The number of allylic oxidation sites excluding steroid dienone is 2. The van der Waals surface area contributed by atoms with Gasteiger partial charge in [-0.25, -0.2) is 4.79 Å². The summed E-state index contributed by atoms with van der Waals surface area (Å²) >= 11 is 0. The summed E-state index contributed by atoms with van der Waals surface area (Å²) in [5.74, 6) is -0.347. The molecule has 0 aliphatic carbocycles. The molecule has 1 aromatic rings. The van der Waals surface area contributed by atoms with Crippen molar-refractivity contribution in [2.24, 2.45) is 0 Å². The second-order valence-electron chi connectivity index (χ2n) is 3.28. The van der Waals surface area contributed by atoms with Gasteiger partial charge in [0.2, 0.25) is 0 Å². The van der Waals surface area contributed by atoms with Crippen molar-refractivity contribution in [1.29, 1.82) is 0 Å². The van der Waals surface area contributed by atoms with Gasteiger partial charge in [0.05, 0.1) is 7.11 Å². The molecule has 0 unspecified atom stereocenters. The van der Waals surface area contributed by atoms with Crippen molar-refractivity contribution >= 4 is 12.0 Å². The summed E-state index contributed by atoms with van der Waals surface area (Å²) < 4.78 is 4.27. The Balaban J connectivity index is 0.000000325. The normalized spacial score (nSPS) is 9.06. The summed E-state index contributed by atoms with van der Waals surface area (Å²) in [5.41, 5.74) is 1.64. The predicted molar refractivity (Wildman–Crippen MR) is 72.5 cm³/mol. The summed E-state index contributed by atoms with van der Waals surface area (Å²) in [6.07, 6.45) is 5.72. The van der Waals surface area contributed by atoms with Crippen molar-refractivity contribution in [2.45, 2.75) is 6.92 Å². The van der Waals surface area contributed by atoms with Crippen LogP contribution >= 0.6 is 0 Å². The molecule has 0 radical (unpaired) electrons. The van der Waals surface area contributed by atoms with Crippen LogP contribution in [-0.4, -0.2) is 13.1 Å². The number of hydrogen-bond donors (Lipinski definition) is 0. The quantitative estimate of drug-likeness (QED) is 0.450. The molecule has 0 bridgehead atoms. The lowest BCUT2D eigenvalue weighted by molar-refractivity contribution is -0.136. The molecule has 0 saturated heterocycles. The number of hydrogen-bond acceptors (Lipinski definition) is 2. The topological polar surface area (TPSA) is 26.3 Å². The molecule has 0 N–H and O–H groups in total. The van der Waals surface area contributed by atoms with Crippen LogP contribution in [0.5, 0.6) is 0 Å². The fourth-order valence-electron chi connectivity index (χ4n) is 0.918. The molecule has 17 heavy (non-hydrogen) atoms. The minimum atomic E-state index is -0.347. The maximum Gasteiger partial charge on any atom is 0.332 e. The second kappa shape index (κ2) is 9.16. The van der Waals surface area contributed by atoms with Gasteiger partial charge in [-0.15, -0.1) is 0 Å². The van der Waals surface area contributed by atoms with Gasteiger partial charge in [0.1, 0.15) is 0 Å². The Morgan fingerprint density at radius 3 is 2.24 bits per heavy atom. The molecule has 2 heteroatoms. The van der Waals surface area contributed by atoms with Crippen molar-refractivity contribution in [3.05, 3.63) is 66.8 Å². The molecule has 0 amide bonds. The van der Waals surface area contributed by atoms with Crippen molar-refractivity contribution < 1.29 is 9.53 Å². The van der Waals surface area contributed by atoms with Crippen molar-refractivity contribution in [1.82, 2.24) is 0 Å². The van der Waals surface area contributed by atoms with E-state index in [0.29, 0.717) is 5.57 Å². The Bertz CT molecular complexity index is 389. The molecule has 2 nitrogen and oxygen atoms in total. The lowest BCUT2D eigenvalue weighted by Crippen LogP contribution is -1.98. The van der Waals surface area contributed by atoms with Crippen molar-refractivity contribution in [3.8, 4) is 0 Å². The molecular weight excluding hydrogens is 212 g/mol. The zero-order chi connectivity index (χ0) is 13.1. The van der Waals surface area contributed by atoms with E-state index in [4.69, 9.17) is 0 Å². The number of ether oxygens (including phenoxy) is 1. The number of rotatable bonds is 3. The van der Waals surface area contributed by atoms with Gasteiger partial charge in [-0.1, -0.05) is 61.7 Å². The first-order valence-electron chi connectivity index (χ1n) is 5.19. The fraction of sp³-hybridized carbons (Fsp3) is 0.133. The SMILES string of the molecule is C=C(C)C(=O)OC.C=CC=Cc1ccccc1. The van der Waals surface area contributed by atoms with Crippen LogP contribution in [0.3, 0.4) is 0 Å². The number of carbonyl (C=O) groups excluding carboxylic acids is 1. The summed E-state index contributed by atoms with van der Waals surface area (Å²) in [5, 5.41) is 0. The van der Waals surface area contributed by atoms with Crippen LogP contribution < -0.4 is 0 Å². The van der Waals surface area contributed by atoms with Crippen LogP contribution in [0.2, 0.25) is 0 Å². The van der Waals surface area contributed by atoms with Crippen molar-refractivity contribution in [2.75, 3.05) is 7.11 Å². The molecule has 0 atom stereocenters. The van der Waals surface area contributed by atoms with Crippen molar-refractivity contribution in [3.63, 3.8) is 0 Å². The largest absolute Gasteiger partial charge is 0.466 e. The van der Waals surface area contributed by atoms with Gasteiger partial charge in [-0.3, -0.25) is 0 Å². The van der Waals surface area contributed by atoms with Gasteiger partial charge >= 0.3 is 5.97 Å². The number of methoxy groups -OCH3 is 1. The van der Waals surface area contributed by atoms with Crippen LogP contribution in [0.1, 0.15) is 12.5 Å². The highest BCUT2D eigenvalue weighted by atomic mass is 16.5. The standard InChI is InChI=1S/C10H10.C5H8O2/c1-2-3-7-10-8-5-4-6-9-10;1-4(2)5(6)7-3/h2-9H,1H2;1H2,2-3H3. The Morgan fingerprint density at radius 2 is 1.88 bits per heavy atom. The number of esters is 1. The van der Waals surface area contributed by atoms with Crippen LogP contribution in [0, 0.1) is 0 Å². The molecule has 0 aliphatic heterocycles. The second-order valence-corrected chi connectivity index (χ2v) is 3.28. The molecule has 0 saturated carbocycles. The third-order valence-electron chi connectivity index (χ3n) is 1.76. The van der Waals surface area contributed by atoms with Gasteiger partial charge in [-0.2, -0.15) is 0 Å². The maximum atomic E-state index is 10.2. The van der Waals surface area contributed by atoms with Gasteiger partial charge in [-0.05, 0) is 12.5 Å². The van der Waals surface area contributed by atoms with E-state index in [2.05, 4.69) is 30.0 Å². The van der Waals surface area contributed by atoms with Crippen LogP contribution in [0.15, 0.2) is 61.2 Å². The van der Waals surface area contributed by atoms with E-state index in [1.807, 2.05) is 30.4 Å². The molecular formula is C15H18O2. The first kappa shape index (κ1) is 14.9. The summed E-state index contributed by atoms with van der Waals surface area (Å²) in [6, 6.07) is 10.1. The Labute approximate surface area is 103 Å². The van der Waals surface area contributed by atoms with E-state index in [1.54, 1.807) is 13.0 Å². The number of carbonyl (C=O) groups is 1. The first-order valence-corrected chi connectivity index (χ1v) is 5.19. The van der Waals surface area contributed by atoms with Gasteiger partial charge < -0.3 is 4.74 Å². The van der Waals surface area contributed by atoms with Crippen LogP contribution in [-0.2, 0) is 9.53 Å². The predicted octanol–water partition coefficient (Wildman–Crippen LogP) is 3.62. The van der Waals surface area contributed by atoms with Gasteiger partial charge in [0.15, 0.2) is 0 Å². The highest BCUT2D eigenvalue weighted by Crippen LogP contribution is 1.99. The molecule has 0 heterocycles. The third-order valence-corrected chi connectivity index (χ3v) is 1.76. The summed E-state index contributed by atoms with van der Waals surface area (Å²) in [6.45, 7) is 8.54. The minimum absolute atomic E-state index is 0.347. The average molecular weight is 230 g/mol. The molecule has 1 aromatic carbocycles. The smallest absolute Gasteiger partial charge is 0.332 e.